The van der Waals surface area contributed by atoms with E-state index in [1.807, 2.05) is 6.92 Å². The van der Waals surface area contributed by atoms with E-state index in [2.05, 4.69) is 4.98 Å². The summed E-state index contributed by atoms with van der Waals surface area (Å²) in [6, 6.07) is 7.08. The summed E-state index contributed by atoms with van der Waals surface area (Å²) in [6.45, 7) is 1.82. The van der Waals surface area contributed by atoms with Crippen LogP contribution in [0.4, 0.5) is 4.39 Å². The molecule has 1 aromatic carbocycles. The molecule has 0 spiro atoms. The summed E-state index contributed by atoms with van der Waals surface area (Å²) < 4.78 is 13.0. The van der Waals surface area contributed by atoms with Gasteiger partial charge in [0.25, 0.3) is 0 Å². The van der Waals surface area contributed by atoms with Crippen LogP contribution in [0, 0.1) is 5.82 Å². The molecule has 0 aliphatic rings. The van der Waals surface area contributed by atoms with Crippen molar-refractivity contribution >= 4 is 17.6 Å². The van der Waals surface area contributed by atoms with E-state index in [0.717, 1.165) is 0 Å². The molecule has 0 saturated heterocycles. The van der Waals surface area contributed by atoms with Gasteiger partial charge in [0.2, 0.25) is 0 Å². The molecule has 5 heteroatoms. The van der Waals surface area contributed by atoms with Gasteiger partial charge in [0, 0.05) is 5.56 Å². The van der Waals surface area contributed by atoms with Crippen LogP contribution in [-0.4, -0.2) is 16.1 Å². The van der Waals surface area contributed by atoms with Crippen LogP contribution in [0.2, 0.25) is 5.02 Å². The van der Waals surface area contributed by atoms with Crippen LogP contribution < -0.4 is 0 Å². The van der Waals surface area contributed by atoms with Gasteiger partial charge >= 0.3 is 5.97 Å². The van der Waals surface area contributed by atoms with Gasteiger partial charge in [0.05, 0.1) is 22.0 Å². The minimum absolute atomic E-state index is 0.171. The Morgan fingerprint density at radius 2 is 2.11 bits per heavy atom. The lowest BCUT2D eigenvalue weighted by molar-refractivity contribution is 0.0695. The van der Waals surface area contributed by atoms with Crippen molar-refractivity contribution in [3.8, 4) is 11.3 Å². The van der Waals surface area contributed by atoms with E-state index in [1.165, 1.54) is 24.3 Å². The first-order chi connectivity index (χ1) is 9.02. The summed E-state index contributed by atoms with van der Waals surface area (Å²) in [6.07, 6.45) is 0.494. The van der Waals surface area contributed by atoms with Gasteiger partial charge in [-0.3, -0.25) is 4.98 Å². The number of carboxylic acids is 1. The molecule has 1 N–H and O–H groups in total. The average Bonchev–Trinajstić information content (AvgIpc) is 2.37. The van der Waals surface area contributed by atoms with Crippen LogP contribution in [0.1, 0.15) is 23.0 Å². The van der Waals surface area contributed by atoms with Crippen molar-refractivity contribution in [3.63, 3.8) is 0 Å². The largest absolute Gasteiger partial charge is 0.478 e. The van der Waals surface area contributed by atoms with E-state index in [9.17, 15) is 9.18 Å². The highest BCUT2D eigenvalue weighted by atomic mass is 35.5. The standard InChI is InChI=1S/C14H11ClFNO2/c1-2-12-10(14(18)19)5-6-13(17-12)9-4-3-8(16)7-11(9)15/h3-7H,2H2,1H3,(H,18,19). The number of halogens is 2. The highest BCUT2D eigenvalue weighted by Crippen LogP contribution is 2.28. The van der Waals surface area contributed by atoms with E-state index >= 15 is 0 Å². The number of benzene rings is 1. The predicted molar refractivity (Wildman–Crippen MR) is 71.0 cm³/mol. The Bertz CT molecular complexity index is 643. The van der Waals surface area contributed by atoms with Crippen molar-refractivity contribution in [2.45, 2.75) is 13.3 Å². The number of pyridine rings is 1. The predicted octanol–water partition coefficient (Wildman–Crippen LogP) is 3.80. The summed E-state index contributed by atoms with van der Waals surface area (Å²) in [4.78, 5) is 15.3. The molecule has 1 heterocycles. The van der Waals surface area contributed by atoms with Crippen molar-refractivity contribution < 1.29 is 14.3 Å². The second kappa shape index (κ2) is 5.36. The lowest BCUT2D eigenvalue weighted by atomic mass is 10.1. The fraction of sp³-hybridized carbons (Fsp3) is 0.143. The third-order valence-electron chi connectivity index (χ3n) is 2.75. The summed E-state index contributed by atoms with van der Waals surface area (Å²) >= 11 is 5.97. The second-order valence-corrected chi connectivity index (χ2v) is 4.38. The molecule has 1 aromatic heterocycles. The summed E-state index contributed by atoms with van der Waals surface area (Å²) in [5.74, 6) is -1.44. The number of aryl methyl sites for hydroxylation is 1. The Balaban J connectivity index is 2.54. The maximum atomic E-state index is 13.0. The van der Waals surface area contributed by atoms with Gasteiger partial charge in [-0.25, -0.2) is 9.18 Å². The monoisotopic (exact) mass is 279 g/mol. The van der Waals surface area contributed by atoms with Crippen molar-refractivity contribution in [3.05, 3.63) is 52.4 Å². The van der Waals surface area contributed by atoms with E-state index in [0.29, 0.717) is 23.4 Å². The molecule has 3 nitrogen and oxygen atoms in total. The van der Waals surface area contributed by atoms with E-state index in [1.54, 1.807) is 6.07 Å². The molecule has 0 aliphatic carbocycles. The van der Waals surface area contributed by atoms with Gasteiger partial charge in [-0.15, -0.1) is 0 Å². The number of aromatic nitrogens is 1. The first-order valence-electron chi connectivity index (χ1n) is 5.71. The molecule has 0 bridgehead atoms. The molecular formula is C14H11ClFNO2. The third-order valence-corrected chi connectivity index (χ3v) is 3.06. The number of hydrogen-bond acceptors (Lipinski definition) is 2. The molecule has 19 heavy (non-hydrogen) atoms. The number of aromatic carboxylic acids is 1. The summed E-state index contributed by atoms with van der Waals surface area (Å²) in [5, 5.41) is 9.28. The molecule has 98 valence electrons. The zero-order chi connectivity index (χ0) is 14.0. The van der Waals surface area contributed by atoms with Gasteiger partial charge in [-0.05, 0) is 36.8 Å². The van der Waals surface area contributed by atoms with E-state index in [4.69, 9.17) is 16.7 Å². The van der Waals surface area contributed by atoms with Crippen molar-refractivity contribution in [2.24, 2.45) is 0 Å². The first-order valence-corrected chi connectivity index (χ1v) is 6.09. The number of nitrogens with zero attached hydrogens (tertiary/aromatic N) is 1. The zero-order valence-electron chi connectivity index (χ0n) is 10.2. The van der Waals surface area contributed by atoms with Crippen LogP contribution in [0.15, 0.2) is 30.3 Å². The first kappa shape index (κ1) is 13.5. The van der Waals surface area contributed by atoms with E-state index in [-0.39, 0.29) is 10.6 Å². The van der Waals surface area contributed by atoms with Crippen molar-refractivity contribution in [2.75, 3.05) is 0 Å². The number of hydrogen-bond donors (Lipinski definition) is 1. The number of carbonyl (C=O) groups is 1. The molecular weight excluding hydrogens is 269 g/mol. The number of carboxylic acid groups (broad SMARTS) is 1. The van der Waals surface area contributed by atoms with Crippen LogP contribution >= 0.6 is 11.6 Å². The third kappa shape index (κ3) is 2.74. The van der Waals surface area contributed by atoms with Crippen LogP contribution in [0.3, 0.4) is 0 Å². The fourth-order valence-corrected chi connectivity index (χ4v) is 2.08. The SMILES string of the molecule is CCc1nc(-c2ccc(F)cc2Cl)ccc1C(=O)O. The fourth-order valence-electron chi connectivity index (χ4n) is 1.81. The molecule has 0 saturated carbocycles. The zero-order valence-corrected chi connectivity index (χ0v) is 10.9. The Morgan fingerprint density at radius 1 is 1.37 bits per heavy atom. The van der Waals surface area contributed by atoms with Gasteiger partial charge < -0.3 is 5.11 Å². The maximum Gasteiger partial charge on any atom is 0.337 e. The van der Waals surface area contributed by atoms with Gasteiger partial charge in [0.15, 0.2) is 0 Å². The molecule has 0 aliphatic heterocycles. The highest BCUT2D eigenvalue weighted by molar-refractivity contribution is 6.33. The van der Waals surface area contributed by atoms with Crippen molar-refractivity contribution in [1.29, 1.82) is 0 Å². The van der Waals surface area contributed by atoms with Gasteiger partial charge in [-0.1, -0.05) is 18.5 Å². The maximum absolute atomic E-state index is 13.0. The van der Waals surface area contributed by atoms with Gasteiger partial charge in [-0.2, -0.15) is 0 Å². The summed E-state index contributed by atoms with van der Waals surface area (Å²) in [7, 11) is 0. The van der Waals surface area contributed by atoms with Crippen LogP contribution in [0.5, 0.6) is 0 Å². The van der Waals surface area contributed by atoms with E-state index < -0.39 is 11.8 Å². The molecule has 0 amide bonds. The topological polar surface area (TPSA) is 50.2 Å². The molecule has 0 fully saturated rings. The Kier molecular flexibility index (Phi) is 3.81. The Hall–Kier alpha value is -1.94. The van der Waals surface area contributed by atoms with Crippen LogP contribution in [0.25, 0.3) is 11.3 Å². The minimum atomic E-state index is -1.01. The molecule has 2 rings (SSSR count). The number of rotatable bonds is 3. The lowest BCUT2D eigenvalue weighted by Crippen LogP contribution is -2.04. The Morgan fingerprint density at radius 3 is 2.68 bits per heavy atom. The summed E-state index contributed by atoms with van der Waals surface area (Å²) in [5.41, 5.74) is 1.76. The van der Waals surface area contributed by atoms with Crippen LogP contribution in [-0.2, 0) is 6.42 Å². The Labute approximate surface area is 114 Å². The van der Waals surface area contributed by atoms with Crippen molar-refractivity contribution in [1.82, 2.24) is 4.98 Å². The smallest absolute Gasteiger partial charge is 0.337 e. The lowest BCUT2D eigenvalue weighted by Gasteiger charge is -2.08. The molecule has 0 atom stereocenters. The quantitative estimate of drug-likeness (QED) is 0.930. The van der Waals surface area contributed by atoms with Gasteiger partial charge in [0.1, 0.15) is 5.82 Å². The molecule has 0 radical (unpaired) electrons. The average molecular weight is 280 g/mol. The second-order valence-electron chi connectivity index (χ2n) is 3.97. The highest BCUT2D eigenvalue weighted by Gasteiger charge is 2.13. The molecule has 0 unspecified atom stereocenters. The molecule has 2 aromatic rings. The minimum Gasteiger partial charge on any atom is -0.478 e. The normalized spacial score (nSPS) is 10.5.